The van der Waals surface area contributed by atoms with Crippen molar-refractivity contribution in [3.63, 3.8) is 0 Å². The van der Waals surface area contributed by atoms with E-state index in [0.29, 0.717) is 13.1 Å². The lowest BCUT2D eigenvalue weighted by Crippen LogP contribution is -2.31. The largest absolute Gasteiger partial charge is 0.372 e. The number of nitrogens with one attached hydrogen (secondary N) is 1. The van der Waals surface area contributed by atoms with Crippen LogP contribution in [0.15, 0.2) is 54.6 Å². The summed E-state index contributed by atoms with van der Waals surface area (Å²) in [5.74, 6) is -0.107. The number of benzene rings is 2. The summed E-state index contributed by atoms with van der Waals surface area (Å²) in [6, 6.07) is 17.8. The second kappa shape index (κ2) is 9.21. The number of carbonyl (C=O) groups is 2. The summed E-state index contributed by atoms with van der Waals surface area (Å²) in [6.07, 6.45) is 2.77. The number of carbonyl (C=O) groups excluding carboxylic acids is 2. The molecule has 0 saturated carbocycles. The van der Waals surface area contributed by atoms with Crippen LogP contribution < -0.4 is 10.2 Å². The topological polar surface area (TPSA) is 52.7 Å². The molecular weight excluding hydrogens is 338 g/mol. The van der Waals surface area contributed by atoms with Crippen molar-refractivity contribution in [2.24, 2.45) is 0 Å². The van der Waals surface area contributed by atoms with Gasteiger partial charge < -0.3 is 15.1 Å². The van der Waals surface area contributed by atoms with Gasteiger partial charge in [-0.25, -0.2) is 0 Å². The lowest BCUT2D eigenvalue weighted by Gasteiger charge is -2.21. The van der Waals surface area contributed by atoms with Crippen LogP contribution in [0.4, 0.5) is 11.4 Å². The van der Waals surface area contributed by atoms with Crippen molar-refractivity contribution in [3.8, 4) is 0 Å². The van der Waals surface area contributed by atoms with Gasteiger partial charge in [-0.15, -0.1) is 0 Å². The molecule has 2 aromatic rings. The van der Waals surface area contributed by atoms with Gasteiger partial charge in [0.25, 0.3) is 0 Å². The number of hydrogen-bond donors (Lipinski definition) is 1. The van der Waals surface area contributed by atoms with E-state index in [-0.39, 0.29) is 18.2 Å². The highest BCUT2D eigenvalue weighted by molar-refractivity contribution is 5.91. The van der Waals surface area contributed by atoms with Crippen molar-refractivity contribution in [3.05, 3.63) is 60.2 Å². The van der Waals surface area contributed by atoms with Crippen LogP contribution in [0.3, 0.4) is 0 Å². The van der Waals surface area contributed by atoms with Gasteiger partial charge in [-0.05, 0) is 42.7 Å². The first-order chi connectivity index (χ1) is 13.1. The minimum absolute atomic E-state index is 0.0263. The van der Waals surface area contributed by atoms with Crippen molar-refractivity contribution in [2.75, 3.05) is 29.9 Å². The Morgan fingerprint density at radius 3 is 2.30 bits per heavy atom. The summed E-state index contributed by atoms with van der Waals surface area (Å²) in [7, 11) is 0. The highest BCUT2D eigenvalue weighted by Gasteiger charge is 2.14. The van der Waals surface area contributed by atoms with Crippen LogP contribution in [0.1, 0.15) is 31.7 Å². The van der Waals surface area contributed by atoms with Crippen LogP contribution >= 0.6 is 0 Å². The Balaban J connectivity index is 1.49. The molecule has 2 amide bonds. The minimum atomic E-state index is -0.0803. The maximum Gasteiger partial charge on any atom is 0.226 e. The molecule has 1 aliphatic heterocycles. The second-order valence-corrected chi connectivity index (χ2v) is 6.97. The van der Waals surface area contributed by atoms with Crippen molar-refractivity contribution >= 4 is 23.2 Å². The fraction of sp³-hybridized carbons (Fsp3) is 0.364. The lowest BCUT2D eigenvalue weighted by molar-refractivity contribution is -0.129. The Morgan fingerprint density at radius 1 is 1.00 bits per heavy atom. The third kappa shape index (κ3) is 5.58. The van der Waals surface area contributed by atoms with Crippen molar-refractivity contribution in [1.82, 2.24) is 4.90 Å². The highest BCUT2D eigenvalue weighted by atomic mass is 16.2. The molecule has 0 atom stereocenters. The van der Waals surface area contributed by atoms with E-state index < -0.39 is 0 Å². The molecule has 1 N–H and O–H groups in total. The van der Waals surface area contributed by atoms with Crippen LogP contribution in [0.2, 0.25) is 0 Å². The van der Waals surface area contributed by atoms with Crippen molar-refractivity contribution < 1.29 is 9.59 Å². The Hall–Kier alpha value is -2.82. The third-order valence-electron chi connectivity index (χ3n) is 4.89. The molecule has 3 rings (SSSR count). The normalized spacial score (nSPS) is 13.4. The molecule has 1 saturated heterocycles. The Labute approximate surface area is 161 Å². The van der Waals surface area contributed by atoms with E-state index in [2.05, 4.69) is 22.3 Å². The van der Waals surface area contributed by atoms with Gasteiger partial charge in [0.15, 0.2) is 0 Å². The molecule has 1 heterocycles. The standard InChI is InChI=1S/C22H27N3O2/c1-18(26)25(17-19-7-3-2-4-8-19)16-13-22(27)23-20-9-11-21(12-10-20)24-14-5-6-15-24/h2-4,7-12H,5-6,13-17H2,1H3,(H,23,27). The first-order valence-corrected chi connectivity index (χ1v) is 9.56. The average Bonchev–Trinajstić information content (AvgIpc) is 3.21. The molecule has 2 aromatic carbocycles. The number of nitrogens with zero attached hydrogens (tertiary/aromatic N) is 2. The van der Waals surface area contributed by atoms with E-state index in [1.807, 2.05) is 42.5 Å². The van der Waals surface area contributed by atoms with Crippen LogP contribution in [-0.4, -0.2) is 36.3 Å². The molecule has 5 heteroatoms. The number of rotatable bonds is 7. The summed E-state index contributed by atoms with van der Waals surface area (Å²) in [5.41, 5.74) is 3.06. The first kappa shape index (κ1) is 19.0. The predicted octanol–water partition coefficient (Wildman–Crippen LogP) is 3.66. The average molecular weight is 365 g/mol. The fourth-order valence-corrected chi connectivity index (χ4v) is 3.34. The SMILES string of the molecule is CC(=O)N(CCC(=O)Nc1ccc(N2CCCC2)cc1)Cc1ccccc1. The van der Waals surface area contributed by atoms with E-state index in [0.717, 1.165) is 24.3 Å². The molecule has 27 heavy (non-hydrogen) atoms. The Bertz CT molecular complexity index is 753. The van der Waals surface area contributed by atoms with Crippen molar-refractivity contribution in [2.45, 2.75) is 32.7 Å². The lowest BCUT2D eigenvalue weighted by atomic mass is 10.2. The molecule has 0 aromatic heterocycles. The van der Waals surface area contributed by atoms with Gasteiger partial charge in [-0.3, -0.25) is 9.59 Å². The highest BCUT2D eigenvalue weighted by Crippen LogP contribution is 2.22. The molecule has 1 fully saturated rings. The van der Waals surface area contributed by atoms with E-state index in [1.54, 1.807) is 4.90 Å². The third-order valence-corrected chi connectivity index (χ3v) is 4.89. The summed E-state index contributed by atoms with van der Waals surface area (Å²) in [4.78, 5) is 28.2. The van der Waals surface area contributed by atoms with Gasteiger partial charge in [0.1, 0.15) is 0 Å². The first-order valence-electron chi connectivity index (χ1n) is 9.56. The molecule has 0 unspecified atom stereocenters. The van der Waals surface area contributed by atoms with Gasteiger partial charge in [-0.1, -0.05) is 30.3 Å². The van der Waals surface area contributed by atoms with Crippen LogP contribution in [-0.2, 0) is 16.1 Å². The van der Waals surface area contributed by atoms with Crippen LogP contribution in [0, 0.1) is 0 Å². The second-order valence-electron chi connectivity index (χ2n) is 6.97. The molecule has 0 spiro atoms. The zero-order chi connectivity index (χ0) is 19.1. The maximum atomic E-state index is 12.3. The number of amides is 2. The summed E-state index contributed by atoms with van der Waals surface area (Å²) < 4.78 is 0. The van der Waals surface area contributed by atoms with Crippen LogP contribution in [0.25, 0.3) is 0 Å². The van der Waals surface area contributed by atoms with Gasteiger partial charge in [0.2, 0.25) is 11.8 Å². The number of anilines is 2. The minimum Gasteiger partial charge on any atom is -0.372 e. The van der Waals surface area contributed by atoms with Crippen LogP contribution in [0.5, 0.6) is 0 Å². The fourth-order valence-electron chi connectivity index (χ4n) is 3.34. The van der Waals surface area contributed by atoms with Gasteiger partial charge >= 0.3 is 0 Å². The quantitative estimate of drug-likeness (QED) is 0.815. The summed E-state index contributed by atoms with van der Waals surface area (Å²) >= 11 is 0. The van der Waals surface area contributed by atoms with Gasteiger partial charge in [0, 0.05) is 50.9 Å². The zero-order valence-electron chi connectivity index (χ0n) is 15.9. The molecule has 0 radical (unpaired) electrons. The Kier molecular flexibility index (Phi) is 6.47. The monoisotopic (exact) mass is 365 g/mol. The zero-order valence-corrected chi connectivity index (χ0v) is 15.9. The van der Waals surface area contributed by atoms with Gasteiger partial charge in [0.05, 0.1) is 0 Å². The van der Waals surface area contributed by atoms with E-state index in [1.165, 1.54) is 25.5 Å². The molecule has 5 nitrogen and oxygen atoms in total. The molecule has 0 bridgehead atoms. The molecule has 1 aliphatic rings. The Morgan fingerprint density at radius 2 is 1.67 bits per heavy atom. The van der Waals surface area contributed by atoms with E-state index in [4.69, 9.17) is 0 Å². The molecule has 142 valence electrons. The predicted molar refractivity (Wildman–Crippen MR) is 109 cm³/mol. The van der Waals surface area contributed by atoms with Gasteiger partial charge in [-0.2, -0.15) is 0 Å². The van der Waals surface area contributed by atoms with E-state index >= 15 is 0 Å². The van der Waals surface area contributed by atoms with Crippen molar-refractivity contribution in [1.29, 1.82) is 0 Å². The smallest absolute Gasteiger partial charge is 0.226 e. The maximum absolute atomic E-state index is 12.3. The summed E-state index contributed by atoms with van der Waals surface area (Å²) in [5, 5.41) is 2.92. The molecular formula is C22H27N3O2. The van der Waals surface area contributed by atoms with E-state index in [9.17, 15) is 9.59 Å². The molecule has 0 aliphatic carbocycles. The number of hydrogen-bond acceptors (Lipinski definition) is 3. The summed E-state index contributed by atoms with van der Waals surface area (Å²) in [6.45, 7) is 4.68.